The fourth-order valence-electron chi connectivity index (χ4n) is 4.01. The molecule has 1 amide bonds. The Labute approximate surface area is 172 Å². The third-order valence-electron chi connectivity index (χ3n) is 5.68. The molecule has 0 atom stereocenters. The second-order valence-electron chi connectivity index (χ2n) is 7.53. The number of halogens is 3. The minimum Gasteiger partial charge on any atom is -0.362 e. The van der Waals surface area contributed by atoms with Gasteiger partial charge in [-0.2, -0.15) is 13.2 Å². The van der Waals surface area contributed by atoms with Gasteiger partial charge in [-0.25, -0.2) is 0 Å². The Bertz CT molecular complexity index is 837. The van der Waals surface area contributed by atoms with Gasteiger partial charge in [-0.1, -0.05) is 5.92 Å². The van der Waals surface area contributed by atoms with E-state index in [1.54, 1.807) is 9.80 Å². The predicted molar refractivity (Wildman–Crippen MR) is 105 cm³/mol. The average molecular weight is 424 g/mol. The van der Waals surface area contributed by atoms with Gasteiger partial charge in [0.25, 0.3) is 5.69 Å². The van der Waals surface area contributed by atoms with Gasteiger partial charge in [0.05, 0.1) is 17.0 Å². The molecule has 2 aliphatic rings. The molecule has 0 bridgehead atoms. The van der Waals surface area contributed by atoms with E-state index < -0.39 is 22.4 Å². The molecule has 3 rings (SSSR count). The third kappa shape index (κ3) is 4.84. The van der Waals surface area contributed by atoms with Gasteiger partial charge in [0, 0.05) is 38.2 Å². The topological polar surface area (TPSA) is 69.9 Å². The van der Waals surface area contributed by atoms with Crippen molar-refractivity contribution >= 4 is 17.3 Å². The summed E-state index contributed by atoms with van der Waals surface area (Å²) in [5.41, 5.74) is -1.49. The maximum atomic E-state index is 12.9. The number of nitrogens with zero attached hydrogens (tertiary/aromatic N) is 4. The Morgan fingerprint density at radius 1 is 1.17 bits per heavy atom. The van der Waals surface area contributed by atoms with Gasteiger partial charge >= 0.3 is 6.18 Å². The van der Waals surface area contributed by atoms with Gasteiger partial charge in [0.1, 0.15) is 5.69 Å². The summed E-state index contributed by atoms with van der Waals surface area (Å²) in [6, 6.07) is 2.56. The highest BCUT2D eigenvalue weighted by atomic mass is 19.4. The Morgan fingerprint density at radius 2 is 1.80 bits per heavy atom. The van der Waals surface area contributed by atoms with Gasteiger partial charge in [-0.05, 0) is 38.1 Å². The maximum Gasteiger partial charge on any atom is 0.416 e. The SMILES string of the molecule is C#CCN1CCC(C(=O)N2CCN(c3ccc(C(F)(F)F)cc3[N+](=O)[O-])CC2)CC1. The van der Waals surface area contributed by atoms with Crippen molar-refractivity contribution in [3.8, 4) is 12.3 Å². The smallest absolute Gasteiger partial charge is 0.362 e. The molecule has 2 fully saturated rings. The zero-order chi connectivity index (χ0) is 21.9. The quantitative estimate of drug-likeness (QED) is 0.422. The van der Waals surface area contributed by atoms with Crippen LogP contribution in [0, 0.1) is 28.4 Å². The molecule has 0 N–H and O–H groups in total. The van der Waals surface area contributed by atoms with E-state index in [0.717, 1.165) is 38.1 Å². The van der Waals surface area contributed by atoms with Crippen LogP contribution in [-0.4, -0.2) is 66.4 Å². The lowest BCUT2D eigenvalue weighted by atomic mass is 9.95. The van der Waals surface area contributed by atoms with Crippen LogP contribution in [0.2, 0.25) is 0 Å². The molecule has 2 aliphatic heterocycles. The largest absolute Gasteiger partial charge is 0.416 e. The molecule has 1 aromatic carbocycles. The van der Waals surface area contributed by atoms with E-state index in [1.165, 1.54) is 0 Å². The van der Waals surface area contributed by atoms with Crippen LogP contribution < -0.4 is 4.90 Å². The first kappa shape index (κ1) is 21.9. The molecule has 2 heterocycles. The number of piperidine rings is 1. The van der Waals surface area contributed by atoms with E-state index in [0.29, 0.717) is 38.8 Å². The fourth-order valence-corrected chi connectivity index (χ4v) is 4.01. The number of hydrogen-bond acceptors (Lipinski definition) is 5. The number of terminal acetylenes is 1. The molecule has 0 radical (unpaired) electrons. The standard InChI is InChI=1S/C20H23F3N4O3/c1-2-7-24-8-5-15(6-9-24)19(28)26-12-10-25(11-13-26)17-4-3-16(20(21,22)23)14-18(17)27(29)30/h1,3-4,14-15H,5-13H2. The summed E-state index contributed by atoms with van der Waals surface area (Å²) < 4.78 is 38.7. The number of alkyl halides is 3. The number of anilines is 1. The van der Waals surface area contributed by atoms with Crippen molar-refractivity contribution in [2.75, 3.05) is 50.7 Å². The Kier molecular flexibility index (Phi) is 6.51. The van der Waals surface area contributed by atoms with Gasteiger partial charge < -0.3 is 9.80 Å². The highest BCUT2D eigenvalue weighted by Gasteiger charge is 2.35. The van der Waals surface area contributed by atoms with Crippen molar-refractivity contribution in [3.63, 3.8) is 0 Å². The van der Waals surface area contributed by atoms with Crippen molar-refractivity contribution in [2.45, 2.75) is 19.0 Å². The fraction of sp³-hybridized carbons (Fsp3) is 0.550. The molecule has 0 spiro atoms. The molecule has 1 aromatic rings. The van der Waals surface area contributed by atoms with Crippen LogP contribution in [0.15, 0.2) is 18.2 Å². The number of hydrogen-bond donors (Lipinski definition) is 0. The molecule has 10 heteroatoms. The molecule has 0 aromatic heterocycles. The third-order valence-corrected chi connectivity index (χ3v) is 5.68. The number of carbonyl (C=O) groups excluding carboxylic acids is 1. The lowest BCUT2D eigenvalue weighted by Crippen LogP contribution is -2.51. The number of amides is 1. The van der Waals surface area contributed by atoms with Gasteiger partial charge in [0.2, 0.25) is 5.91 Å². The molecule has 162 valence electrons. The van der Waals surface area contributed by atoms with E-state index in [2.05, 4.69) is 10.8 Å². The molecular formula is C20H23F3N4O3. The number of likely N-dealkylation sites (tertiary alicyclic amines) is 1. The minimum absolute atomic E-state index is 0.0639. The van der Waals surface area contributed by atoms with Crippen LogP contribution in [-0.2, 0) is 11.0 Å². The summed E-state index contributed by atoms with van der Waals surface area (Å²) in [6.45, 7) is 3.53. The molecule has 0 saturated carbocycles. The van der Waals surface area contributed by atoms with Crippen molar-refractivity contribution in [2.24, 2.45) is 5.92 Å². The predicted octanol–water partition coefficient (Wildman–Crippen LogP) is 2.61. The highest BCUT2D eigenvalue weighted by molar-refractivity contribution is 5.79. The normalized spacial score (nSPS) is 18.9. The molecule has 0 unspecified atom stereocenters. The average Bonchev–Trinajstić information content (AvgIpc) is 2.73. The summed E-state index contributed by atoms with van der Waals surface area (Å²) in [6.07, 6.45) is 2.15. The summed E-state index contributed by atoms with van der Waals surface area (Å²) in [5.74, 6) is 2.61. The number of nitro groups is 1. The van der Waals surface area contributed by atoms with Crippen molar-refractivity contribution in [3.05, 3.63) is 33.9 Å². The molecule has 7 nitrogen and oxygen atoms in total. The summed E-state index contributed by atoms with van der Waals surface area (Å²) in [4.78, 5) is 28.9. The number of carbonyl (C=O) groups is 1. The van der Waals surface area contributed by atoms with Crippen LogP contribution in [0.3, 0.4) is 0 Å². The van der Waals surface area contributed by atoms with E-state index >= 15 is 0 Å². The molecular weight excluding hydrogens is 401 g/mol. The van der Waals surface area contributed by atoms with Crippen molar-refractivity contribution < 1.29 is 22.9 Å². The Balaban J connectivity index is 1.62. The first-order valence-electron chi connectivity index (χ1n) is 9.76. The monoisotopic (exact) mass is 424 g/mol. The van der Waals surface area contributed by atoms with E-state index in [-0.39, 0.29) is 17.5 Å². The lowest BCUT2D eigenvalue weighted by Gasteiger charge is -2.39. The summed E-state index contributed by atoms with van der Waals surface area (Å²) in [7, 11) is 0. The summed E-state index contributed by atoms with van der Waals surface area (Å²) >= 11 is 0. The summed E-state index contributed by atoms with van der Waals surface area (Å²) in [5, 5.41) is 11.3. The van der Waals surface area contributed by atoms with Crippen LogP contribution in [0.1, 0.15) is 18.4 Å². The van der Waals surface area contributed by atoms with Gasteiger partial charge in [-0.15, -0.1) is 6.42 Å². The first-order valence-corrected chi connectivity index (χ1v) is 9.76. The zero-order valence-electron chi connectivity index (χ0n) is 16.4. The number of rotatable bonds is 4. The zero-order valence-corrected chi connectivity index (χ0v) is 16.4. The highest BCUT2D eigenvalue weighted by Crippen LogP contribution is 2.37. The van der Waals surface area contributed by atoms with Crippen LogP contribution in [0.4, 0.5) is 24.5 Å². The minimum atomic E-state index is -4.65. The maximum absolute atomic E-state index is 12.9. The number of nitro benzene ring substituents is 1. The van der Waals surface area contributed by atoms with E-state index in [1.807, 2.05) is 0 Å². The first-order chi connectivity index (χ1) is 14.2. The Hall–Kier alpha value is -2.80. The van der Waals surface area contributed by atoms with Crippen LogP contribution in [0.25, 0.3) is 0 Å². The second kappa shape index (κ2) is 8.92. The number of benzene rings is 1. The van der Waals surface area contributed by atoms with Crippen LogP contribution in [0.5, 0.6) is 0 Å². The molecule has 0 aliphatic carbocycles. The van der Waals surface area contributed by atoms with Gasteiger partial charge in [-0.3, -0.25) is 19.8 Å². The van der Waals surface area contributed by atoms with Crippen molar-refractivity contribution in [1.82, 2.24) is 9.80 Å². The van der Waals surface area contributed by atoms with E-state index in [4.69, 9.17) is 6.42 Å². The number of piperazine rings is 1. The second-order valence-corrected chi connectivity index (χ2v) is 7.53. The molecule has 2 saturated heterocycles. The van der Waals surface area contributed by atoms with Crippen molar-refractivity contribution in [1.29, 1.82) is 0 Å². The molecule has 30 heavy (non-hydrogen) atoms. The van der Waals surface area contributed by atoms with E-state index in [9.17, 15) is 28.1 Å². The lowest BCUT2D eigenvalue weighted by molar-refractivity contribution is -0.384. The van der Waals surface area contributed by atoms with Gasteiger partial charge in [0.15, 0.2) is 0 Å². The van der Waals surface area contributed by atoms with Crippen LogP contribution >= 0.6 is 0 Å². The Morgan fingerprint density at radius 3 is 2.33 bits per heavy atom.